The van der Waals surface area contributed by atoms with Gasteiger partial charge < -0.3 is 25.6 Å². The largest absolute Gasteiger partial charge is 0.383 e. The van der Waals surface area contributed by atoms with Crippen molar-refractivity contribution in [3.8, 4) is 0 Å². The number of ether oxygens (including phenoxy) is 1. The maximum Gasteiger partial charge on any atom is 0.239 e. The highest BCUT2D eigenvalue weighted by atomic mass is 16.5. The Morgan fingerprint density at radius 2 is 1.88 bits per heavy atom. The average Bonchev–Trinajstić information content (AvgIpc) is 2.62. The Morgan fingerprint density at radius 3 is 2.50 bits per heavy atom. The summed E-state index contributed by atoms with van der Waals surface area (Å²) in [6.45, 7) is 3.51. The van der Waals surface area contributed by atoms with Gasteiger partial charge in [0.1, 0.15) is 6.04 Å². The second kappa shape index (κ2) is 9.24. The van der Waals surface area contributed by atoms with Gasteiger partial charge >= 0.3 is 0 Å². The molecular weight excluding hydrogens is 308 g/mol. The molecule has 1 aliphatic heterocycles. The third-order valence-electron chi connectivity index (χ3n) is 4.07. The Bertz CT molecular complexity index is 530. The summed E-state index contributed by atoms with van der Waals surface area (Å²) in [4.78, 5) is 28.0. The lowest BCUT2D eigenvalue weighted by Gasteiger charge is -2.36. The maximum absolute atomic E-state index is 12.2. The average molecular weight is 334 g/mol. The number of piperazine rings is 1. The predicted octanol–water partition coefficient (Wildman–Crippen LogP) is -0.185. The maximum atomic E-state index is 12.2. The molecule has 0 radical (unpaired) electrons. The minimum absolute atomic E-state index is 0.0586. The van der Waals surface area contributed by atoms with E-state index < -0.39 is 6.04 Å². The van der Waals surface area contributed by atoms with Crippen LogP contribution in [-0.4, -0.2) is 69.2 Å². The van der Waals surface area contributed by atoms with Crippen LogP contribution in [0.4, 0.5) is 5.69 Å². The van der Waals surface area contributed by atoms with Crippen molar-refractivity contribution in [1.29, 1.82) is 0 Å². The summed E-state index contributed by atoms with van der Waals surface area (Å²) in [5, 5.41) is 2.67. The van der Waals surface area contributed by atoms with Crippen LogP contribution >= 0.6 is 0 Å². The number of benzene rings is 1. The van der Waals surface area contributed by atoms with Gasteiger partial charge in [-0.1, -0.05) is 18.2 Å². The number of nitrogens with two attached hydrogens (primary N) is 1. The first-order valence-corrected chi connectivity index (χ1v) is 8.22. The van der Waals surface area contributed by atoms with Crippen molar-refractivity contribution in [3.63, 3.8) is 0 Å². The number of rotatable bonds is 7. The number of carbonyl (C=O) groups excluding carboxylic acids is 2. The molecule has 132 valence electrons. The molecule has 0 bridgehead atoms. The van der Waals surface area contributed by atoms with E-state index in [4.69, 9.17) is 10.5 Å². The van der Waals surface area contributed by atoms with Crippen LogP contribution in [-0.2, 0) is 14.3 Å². The van der Waals surface area contributed by atoms with E-state index in [2.05, 4.69) is 22.3 Å². The van der Waals surface area contributed by atoms with Gasteiger partial charge in [-0.2, -0.15) is 0 Å². The zero-order chi connectivity index (χ0) is 17.4. The number of nitrogens with one attached hydrogen (secondary N) is 1. The van der Waals surface area contributed by atoms with Gasteiger partial charge in [-0.05, 0) is 12.1 Å². The van der Waals surface area contributed by atoms with E-state index in [-0.39, 0.29) is 24.8 Å². The Hall–Kier alpha value is -2.12. The van der Waals surface area contributed by atoms with Gasteiger partial charge in [0.25, 0.3) is 0 Å². The third-order valence-corrected chi connectivity index (χ3v) is 4.07. The van der Waals surface area contributed by atoms with E-state index in [1.807, 2.05) is 23.1 Å². The molecule has 2 rings (SSSR count). The Balaban J connectivity index is 1.68. The fraction of sp³-hybridized carbons (Fsp3) is 0.529. The van der Waals surface area contributed by atoms with Crippen molar-refractivity contribution >= 4 is 17.5 Å². The van der Waals surface area contributed by atoms with Crippen molar-refractivity contribution in [2.45, 2.75) is 12.5 Å². The van der Waals surface area contributed by atoms with Gasteiger partial charge in [0.2, 0.25) is 11.8 Å². The van der Waals surface area contributed by atoms with Crippen LogP contribution in [0.2, 0.25) is 0 Å². The molecule has 7 nitrogen and oxygen atoms in total. The molecule has 1 aromatic rings. The van der Waals surface area contributed by atoms with Gasteiger partial charge in [-0.15, -0.1) is 0 Å². The van der Waals surface area contributed by atoms with E-state index >= 15 is 0 Å². The number of nitrogens with zero attached hydrogens (tertiary/aromatic N) is 2. The fourth-order valence-corrected chi connectivity index (χ4v) is 2.69. The van der Waals surface area contributed by atoms with Crippen LogP contribution in [0.3, 0.4) is 0 Å². The summed E-state index contributed by atoms with van der Waals surface area (Å²) in [6, 6.07) is 9.50. The van der Waals surface area contributed by atoms with Gasteiger partial charge in [0.15, 0.2) is 0 Å². The smallest absolute Gasteiger partial charge is 0.239 e. The third kappa shape index (κ3) is 5.21. The summed E-state index contributed by atoms with van der Waals surface area (Å²) >= 11 is 0. The Labute approximate surface area is 142 Å². The summed E-state index contributed by atoms with van der Waals surface area (Å²) in [5.74, 6) is -0.234. The van der Waals surface area contributed by atoms with Crippen molar-refractivity contribution < 1.29 is 14.3 Å². The number of hydrogen-bond donors (Lipinski definition) is 2. The van der Waals surface area contributed by atoms with E-state index in [0.29, 0.717) is 19.6 Å². The molecule has 3 N–H and O–H groups in total. The van der Waals surface area contributed by atoms with Crippen LogP contribution in [0, 0.1) is 0 Å². The zero-order valence-corrected chi connectivity index (χ0v) is 14.1. The first kappa shape index (κ1) is 18.2. The van der Waals surface area contributed by atoms with Crippen molar-refractivity contribution in [2.24, 2.45) is 5.73 Å². The molecule has 0 spiro atoms. The standard InChI is InChI=1S/C17H26N4O3/c1-24-13-15(18)17(23)19-8-7-16(22)21-11-9-20(10-12-21)14-5-3-2-4-6-14/h2-6,15H,7-13,18H2,1H3,(H,19,23). The van der Waals surface area contributed by atoms with E-state index in [1.165, 1.54) is 12.8 Å². The van der Waals surface area contributed by atoms with Crippen molar-refractivity contribution in [2.75, 3.05) is 51.3 Å². The SMILES string of the molecule is COCC(N)C(=O)NCCC(=O)N1CCN(c2ccccc2)CC1. The number of amides is 2. The highest BCUT2D eigenvalue weighted by Gasteiger charge is 2.21. The minimum Gasteiger partial charge on any atom is -0.383 e. The molecule has 1 aromatic carbocycles. The molecule has 1 atom stereocenters. The molecule has 0 aliphatic carbocycles. The summed E-state index contributed by atoms with van der Waals surface area (Å²) in [6.07, 6.45) is 0.288. The Morgan fingerprint density at radius 1 is 1.21 bits per heavy atom. The molecule has 24 heavy (non-hydrogen) atoms. The molecule has 0 aromatic heterocycles. The molecule has 1 saturated heterocycles. The van der Waals surface area contributed by atoms with Crippen LogP contribution in [0.15, 0.2) is 30.3 Å². The molecule has 1 aliphatic rings. The number of anilines is 1. The van der Waals surface area contributed by atoms with Gasteiger partial charge in [-0.25, -0.2) is 0 Å². The van der Waals surface area contributed by atoms with Gasteiger partial charge in [0.05, 0.1) is 6.61 Å². The first-order chi connectivity index (χ1) is 11.6. The predicted molar refractivity (Wildman–Crippen MR) is 92.7 cm³/mol. The molecule has 1 fully saturated rings. The molecule has 1 heterocycles. The summed E-state index contributed by atoms with van der Waals surface area (Å²) < 4.78 is 4.83. The lowest BCUT2D eigenvalue weighted by Crippen LogP contribution is -2.49. The van der Waals surface area contributed by atoms with Crippen LogP contribution in [0.1, 0.15) is 6.42 Å². The lowest BCUT2D eigenvalue weighted by atomic mass is 10.2. The molecule has 7 heteroatoms. The number of methoxy groups -OCH3 is 1. The van der Waals surface area contributed by atoms with Crippen molar-refractivity contribution in [1.82, 2.24) is 10.2 Å². The highest BCUT2D eigenvalue weighted by molar-refractivity contribution is 5.82. The van der Waals surface area contributed by atoms with Crippen LogP contribution in [0.25, 0.3) is 0 Å². The lowest BCUT2D eigenvalue weighted by molar-refractivity contribution is -0.131. The zero-order valence-electron chi connectivity index (χ0n) is 14.1. The van der Waals surface area contributed by atoms with Gasteiger partial charge in [0, 0.05) is 51.9 Å². The fourth-order valence-electron chi connectivity index (χ4n) is 2.69. The van der Waals surface area contributed by atoms with Crippen LogP contribution < -0.4 is 16.0 Å². The number of carbonyl (C=O) groups is 2. The van der Waals surface area contributed by atoms with E-state index in [1.54, 1.807) is 0 Å². The monoisotopic (exact) mass is 334 g/mol. The van der Waals surface area contributed by atoms with E-state index in [0.717, 1.165) is 13.1 Å². The molecule has 0 saturated carbocycles. The molecule has 2 amide bonds. The highest BCUT2D eigenvalue weighted by Crippen LogP contribution is 2.15. The minimum atomic E-state index is -0.695. The van der Waals surface area contributed by atoms with Crippen molar-refractivity contribution in [3.05, 3.63) is 30.3 Å². The molecular formula is C17H26N4O3. The topological polar surface area (TPSA) is 87.9 Å². The van der Waals surface area contributed by atoms with Crippen LogP contribution in [0.5, 0.6) is 0 Å². The first-order valence-electron chi connectivity index (χ1n) is 8.22. The van der Waals surface area contributed by atoms with Gasteiger partial charge in [-0.3, -0.25) is 9.59 Å². The van der Waals surface area contributed by atoms with E-state index in [9.17, 15) is 9.59 Å². The second-order valence-corrected chi connectivity index (χ2v) is 5.81. The number of hydrogen-bond acceptors (Lipinski definition) is 5. The molecule has 1 unspecified atom stereocenters. The number of para-hydroxylation sites is 1. The second-order valence-electron chi connectivity index (χ2n) is 5.81. The quantitative estimate of drug-likeness (QED) is 0.722. The normalized spacial score (nSPS) is 15.9. The summed E-state index contributed by atoms with van der Waals surface area (Å²) in [5.41, 5.74) is 6.80. The summed E-state index contributed by atoms with van der Waals surface area (Å²) in [7, 11) is 1.49. The Kier molecular flexibility index (Phi) is 7.02.